The van der Waals surface area contributed by atoms with Gasteiger partial charge in [0, 0.05) is 6.54 Å². The zero-order valence-electron chi connectivity index (χ0n) is 8.80. The van der Waals surface area contributed by atoms with Crippen LogP contribution in [0, 0.1) is 5.82 Å². The van der Waals surface area contributed by atoms with E-state index in [-0.39, 0.29) is 11.9 Å². The fraction of sp³-hybridized carbons (Fsp3) is 0.455. The Morgan fingerprint density at radius 3 is 2.64 bits per heavy atom. The molecule has 0 spiro atoms. The molecule has 0 aliphatic carbocycles. The highest BCUT2D eigenvalue weighted by Crippen LogP contribution is 2.19. The molecular weight excluding hydrogens is 181 g/mol. The van der Waals surface area contributed by atoms with Crippen molar-refractivity contribution in [3.8, 4) is 5.75 Å². The molecule has 1 rings (SSSR count). The van der Waals surface area contributed by atoms with Crippen LogP contribution in [0.2, 0.25) is 0 Å². The molecule has 0 amide bonds. The molecule has 0 unspecified atom stereocenters. The van der Waals surface area contributed by atoms with E-state index in [2.05, 4.69) is 5.32 Å². The van der Waals surface area contributed by atoms with Crippen LogP contribution in [0.5, 0.6) is 5.75 Å². The summed E-state index contributed by atoms with van der Waals surface area (Å²) in [5, 5.41) is 2.96. The molecule has 1 aromatic rings. The van der Waals surface area contributed by atoms with Crippen molar-refractivity contribution < 1.29 is 9.13 Å². The third-order valence-electron chi connectivity index (χ3n) is 1.74. The summed E-state index contributed by atoms with van der Waals surface area (Å²) in [6, 6.07) is 5.02. The van der Waals surface area contributed by atoms with Crippen molar-refractivity contribution in [2.45, 2.75) is 26.5 Å². The summed E-state index contributed by atoms with van der Waals surface area (Å²) in [7, 11) is 1.83. The van der Waals surface area contributed by atoms with Crippen molar-refractivity contribution >= 4 is 0 Å². The first-order chi connectivity index (χ1) is 6.63. The quantitative estimate of drug-likeness (QED) is 0.799. The molecule has 1 aromatic carbocycles. The van der Waals surface area contributed by atoms with Crippen molar-refractivity contribution in [2.24, 2.45) is 0 Å². The molecule has 0 saturated carbocycles. The minimum atomic E-state index is -0.300. The third-order valence-corrected chi connectivity index (χ3v) is 1.74. The molecular formula is C11H16FNO. The predicted octanol–water partition coefficient (Wildman–Crippen LogP) is 2.33. The van der Waals surface area contributed by atoms with Crippen LogP contribution in [0.15, 0.2) is 18.2 Å². The molecule has 0 aromatic heterocycles. The number of nitrogens with one attached hydrogen (secondary N) is 1. The number of benzene rings is 1. The SMILES string of the molecule is CNCc1ccc(OC(C)C)c(F)c1. The van der Waals surface area contributed by atoms with Gasteiger partial charge in [-0.2, -0.15) is 0 Å². The van der Waals surface area contributed by atoms with Crippen LogP contribution in [-0.2, 0) is 6.54 Å². The normalized spacial score (nSPS) is 10.6. The van der Waals surface area contributed by atoms with Crippen LogP contribution in [0.1, 0.15) is 19.4 Å². The molecule has 0 bridgehead atoms. The Morgan fingerprint density at radius 1 is 1.43 bits per heavy atom. The van der Waals surface area contributed by atoms with Crippen molar-refractivity contribution in [2.75, 3.05) is 7.05 Å². The molecule has 3 heteroatoms. The van der Waals surface area contributed by atoms with E-state index < -0.39 is 0 Å². The Kier molecular flexibility index (Phi) is 3.89. The van der Waals surface area contributed by atoms with Gasteiger partial charge < -0.3 is 10.1 Å². The van der Waals surface area contributed by atoms with Crippen LogP contribution in [0.4, 0.5) is 4.39 Å². The molecule has 1 N–H and O–H groups in total. The van der Waals surface area contributed by atoms with E-state index in [1.165, 1.54) is 6.07 Å². The molecule has 0 atom stereocenters. The second-order valence-corrected chi connectivity index (χ2v) is 3.46. The first kappa shape index (κ1) is 11.0. The van der Waals surface area contributed by atoms with Crippen LogP contribution in [-0.4, -0.2) is 13.2 Å². The van der Waals surface area contributed by atoms with Gasteiger partial charge in [-0.1, -0.05) is 6.07 Å². The van der Waals surface area contributed by atoms with Gasteiger partial charge in [-0.15, -0.1) is 0 Å². The van der Waals surface area contributed by atoms with Gasteiger partial charge in [-0.05, 0) is 38.6 Å². The summed E-state index contributed by atoms with van der Waals surface area (Å²) >= 11 is 0. The van der Waals surface area contributed by atoms with Gasteiger partial charge in [0.15, 0.2) is 11.6 Å². The van der Waals surface area contributed by atoms with Gasteiger partial charge in [0.2, 0.25) is 0 Å². The van der Waals surface area contributed by atoms with Gasteiger partial charge in [0.1, 0.15) is 0 Å². The predicted molar refractivity (Wildman–Crippen MR) is 54.9 cm³/mol. The summed E-state index contributed by atoms with van der Waals surface area (Å²) in [4.78, 5) is 0. The lowest BCUT2D eigenvalue weighted by molar-refractivity contribution is 0.231. The van der Waals surface area contributed by atoms with E-state index in [9.17, 15) is 4.39 Å². The van der Waals surface area contributed by atoms with Crippen molar-refractivity contribution in [3.05, 3.63) is 29.6 Å². The summed E-state index contributed by atoms with van der Waals surface area (Å²) in [5.74, 6) is 0.0197. The van der Waals surface area contributed by atoms with Crippen LogP contribution in [0.3, 0.4) is 0 Å². The Morgan fingerprint density at radius 2 is 2.14 bits per heavy atom. The number of hydrogen-bond acceptors (Lipinski definition) is 2. The first-order valence-electron chi connectivity index (χ1n) is 4.73. The Bertz CT molecular complexity index is 299. The lowest BCUT2D eigenvalue weighted by Gasteiger charge is -2.11. The molecule has 0 aliphatic heterocycles. The molecule has 2 nitrogen and oxygen atoms in total. The lowest BCUT2D eigenvalue weighted by atomic mass is 10.2. The molecule has 14 heavy (non-hydrogen) atoms. The van der Waals surface area contributed by atoms with Crippen molar-refractivity contribution in [3.63, 3.8) is 0 Å². The van der Waals surface area contributed by atoms with Gasteiger partial charge in [-0.25, -0.2) is 4.39 Å². The second kappa shape index (κ2) is 4.96. The maximum Gasteiger partial charge on any atom is 0.165 e. The standard InChI is InChI=1S/C11H16FNO/c1-8(2)14-11-5-4-9(7-13-3)6-10(11)12/h4-6,8,13H,7H2,1-3H3. The third kappa shape index (κ3) is 3.00. The fourth-order valence-electron chi connectivity index (χ4n) is 1.21. The number of ether oxygens (including phenoxy) is 1. The highest BCUT2D eigenvalue weighted by atomic mass is 19.1. The summed E-state index contributed by atoms with van der Waals surface area (Å²) in [6.45, 7) is 4.42. The van der Waals surface area contributed by atoms with E-state index in [1.807, 2.05) is 27.0 Å². The van der Waals surface area contributed by atoms with E-state index in [4.69, 9.17) is 4.74 Å². The van der Waals surface area contributed by atoms with Crippen molar-refractivity contribution in [1.82, 2.24) is 5.32 Å². The zero-order chi connectivity index (χ0) is 10.6. The Balaban J connectivity index is 2.79. The topological polar surface area (TPSA) is 21.3 Å². The summed E-state index contributed by atoms with van der Waals surface area (Å²) in [5.41, 5.74) is 0.918. The second-order valence-electron chi connectivity index (χ2n) is 3.46. The molecule has 0 radical (unpaired) electrons. The molecule has 0 fully saturated rings. The maximum atomic E-state index is 13.4. The molecule has 0 heterocycles. The van der Waals surface area contributed by atoms with Gasteiger partial charge in [0.25, 0.3) is 0 Å². The Labute approximate surface area is 84.1 Å². The first-order valence-corrected chi connectivity index (χ1v) is 4.73. The largest absolute Gasteiger partial charge is 0.488 e. The zero-order valence-corrected chi connectivity index (χ0v) is 8.80. The fourth-order valence-corrected chi connectivity index (χ4v) is 1.21. The van der Waals surface area contributed by atoms with Crippen LogP contribution in [0.25, 0.3) is 0 Å². The maximum absolute atomic E-state index is 13.4. The van der Waals surface area contributed by atoms with Crippen LogP contribution < -0.4 is 10.1 Å². The van der Waals surface area contributed by atoms with E-state index in [1.54, 1.807) is 6.07 Å². The van der Waals surface area contributed by atoms with Crippen LogP contribution >= 0.6 is 0 Å². The van der Waals surface area contributed by atoms with E-state index in [0.29, 0.717) is 12.3 Å². The molecule has 0 saturated heterocycles. The lowest BCUT2D eigenvalue weighted by Crippen LogP contribution is -2.08. The number of hydrogen-bond donors (Lipinski definition) is 1. The molecule has 78 valence electrons. The number of rotatable bonds is 4. The average Bonchev–Trinajstić information content (AvgIpc) is 2.10. The highest BCUT2D eigenvalue weighted by molar-refractivity contribution is 5.29. The number of halogens is 1. The smallest absolute Gasteiger partial charge is 0.165 e. The van der Waals surface area contributed by atoms with Gasteiger partial charge in [0.05, 0.1) is 6.10 Å². The molecule has 0 aliphatic rings. The average molecular weight is 197 g/mol. The van der Waals surface area contributed by atoms with E-state index >= 15 is 0 Å². The minimum absolute atomic E-state index is 0.000324. The monoisotopic (exact) mass is 197 g/mol. The van der Waals surface area contributed by atoms with Crippen molar-refractivity contribution in [1.29, 1.82) is 0 Å². The van der Waals surface area contributed by atoms with Gasteiger partial charge >= 0.3 is 0 Å². The minimum Gasteiger partial charge on any atom is -0.488 e. The Hall–Kier alpha value is -1.09. The summed E-state index contributed by atoms with van der Waals surface area (Å²) in [6.07, 6.45) is -0.000324. The summed E-state index contributed by atoms with van der Waals surface area (Å²) < 4.78 is 18.7. The van der Waals surface area contributed by atoms with E-state index in [0.717, 1.165) is 5.56 Å². The van der Waals surface area contributed by atoms with Gasteiger partial charge in [-0.3, -0.25) is 0 Å². The highest BCUT2D eigenvalue weighted by Gasteiger charge is 2.05.